The Morgan fingerprint density at radius 2 is 1.62 bits per heavy atom. The maximum absolute atomic E-state index is 4.70. The van der Waals surface area contributed by atoms with Crippen LogP contribution in [-0.2, 0) is 0 Å². The van der Waals surface area contributed by atoms with Crippen LogP contribution < -0.4 is 0 Å². The summed E-state index contributed by atoms with van der Waals surface area (Å²) < 4.78 is 0. The van der Waals surface area contributed by atoms with Crippen LogP contribution in [0.5, 0.6) is 0 Å². The van der Waals surface area contributed by atoms with Crippen molar-refractivity contribution in [1.29, 1.82) is 0 Å². The largest absolute Gasteiger partial charge is 0.360 e. The molecule has 3 nitrogen and oxygen atoms in total. The molecule has 0 aliphatic rings. The molecule has 0 amide bonds. The lowest BCUT2D eigenvalue weighted by Crippen LogP contribution is -1.90. The fourth-order valence-electron chi connectivity index (χ4n) is 2.52. The molecule has 0 saturated carbocycles. The number of rotatable bonds is 2. The Morgan fingerprint density at radius 3 is 2.52 bits per heavy atom. The summed E-state index contributed by atoms with van der Waals surface area (Å²) in [6.07, 6.45) is 3.81. The first-order chi connectivity index (χ1) is 10.4. The van der Waals surface area contributed by atoms with Crippen LogP contribution in [-0.4, -0.2) is 15.0 Å². The van der Waals surface area contributed by atoms with E-state index in [-0.39, 0.29) is 0 Å². The van der Waals surface area contributed by atoms with Gasteiger partial charge in [-0.1, -0.05) is 48.5 Å². The minimum absolute atomic E-state index is 0.749. The fourth-order valence-corrected chi connectivity index (χ4v) is 2.52. The van der Waals surface area contributed by atoms with Gasteiger partial charge in [0.15, 0.2) is 5.82 Å². The zero-order valence-electron chi connectivity index (χ0n) is 11.3. The molecule has 0 radical (unpaired) electrons. The van der Waals surface area contributed by atoms with Crippen molar-refractivity contribution in [1.82, 2.24) is 15.0 Å². The number of aromatic amines is 1. The molecule has 1 N–H and O–H groups in total. The van der Waals surface area contributed by atoms with Gasteiger partial charge in [0.25, 0.3) is 0 Å². The van der Waals surface area contributed by atoms with E-state index in [2.05, 4.69) is 22.1 Å². The number of aromatic nitrogens is 3. The van der Waals surface area contributed by atoms with Crippen molar-refractivity contribution < 1.29 is 0 Å². The highest BCUT2D eigenvalue weighted by atomic mass is 14.9. The third-order valence-electron chi connectivity index (χ3n) is 3.55. The highest BCUT2D eigenvalue weighted by Crippen LogP contribution is 2.28. The third kappa shape index (κ3) is 2.09. The minimum Gasteiger partial charge on any atom is -0.360 e. The van der Waals surface area contributed by atoms with Gasteiger partial charge in [0.2, 0.25) is 0 Å². The Balaban J connectivity index is 1.87. The maximum Gasteiger partial charge on any atom is 0.159 e. The molecule has 2 aromatic carbocycles. The molecular formula is C18H13N3. The van der Waals surface area contributed by atoms with E-state index in [9.17, 15) is 0 Å². The van der Waals surface area contributed by atoms with Crippen LogP contribution in [0.2, 0.25) is 0 Å². The third-order valence-corrected chi connectivity index (χ3v) is 3.55. The predicted octanol–water partition coefficient (Wildman–Crippen LogP) is 4.29. The molecular weight excluding hydrogens is 258 g/mol. The van der Waals surface area contributed by atoms with Crippen molar-refractivity contribution in [2.45, 2.75) is 0 Å². The van der Waals surface area contributed by atoms with Gasteiger partial charge in [-0.25, -0.2) is 9.97 Å². The second-order valence-electron chi connectivity index (χ2n) is 4.88. The van der Waals surface area contributed by atoms with E-state index >= 15 is 0 Å². The topological polar surface area (TPSA) is 41.6 Å². The molecule has 0 aliphatic carbocycles. The molecule has 4 rings (SSSR count). The zero-order valence-corrected chi connectivity index (χ0v) is 11.3. The Kier molecular flexibility index (Phi) is 2.75. The van der Waals surface area contributed by atoms with Gasteiger partial charge >= 0.3 is 0 Å². The fraction of sp³-hybridized carbons (Fsp3) is 0. The first kappa shape index (κ1) is 11.9. The van der Waals surface area contributed by atoms with E-state index < -0.39 is 0 Å². The molecule has 0 fully saturated rings. The quantitative estimate of drug-likeness (QED) is 0.591. The lowest BCUT2D eigenvalue weighted by Gasteiger charge is -2.03. The Labute approximate surface area is 122 Å². The average molecular weight is 271 g/mol. The van der Waals surface area contributed by atoms with Crippen molar-refractivity contribution in [3.8, 4) is 22.6 Å². The molecule has 0 unspecified atom stereocenters. The van der Waals surface area contributed by atoms with E-state index in [0.29, 0.717) is 0 Å². The monoisotopic (exact) mass is 271 g/mol. The van der Waals surface area contributed by atoms with Crippen LogP contribution in [0.4, 0.5) is 0 Å². The van der Waals surface area contributed by atoms with Crippen LogP contribution in [0.1, 0.15) is 0 Å². The van der Waals surface area contributed by atoms with E-state index in [4.69, 9.17) is 4.98 Å². The Bertz CT molecular complexity index is 894. The molecule has 2 aromatic heterocycles. The van der Waals surface area contributed by atoms with Crippen molar-refractivity contribution >= 4 is 10.9 Å². The summed E-state index contributed by atoms with van der Waals surface area (Å²) in [4.78, 5) is 12.4. The van der Waals surface area contributed by atoms with Crippen molar-refractivity contribution in [3.05, 3.63) is 73.1 Å². The van der Waals surface area contributed by atoms with Crippen LogP contribution in [0, 0.1) is 0 Å². The molecule has 21 heavy (non-hydrogen) atoms. The van der Waals surface area contributed by atoms with Gasteiger partial charge in [-0.2, -0.15) is 0 Å². The lowest BCUT2D eigenvalue weighted by atomic mass is 10.1. The standard InChI is InChI=1S/C18H13N3/c1-2-6-13(7-3-1)18-19-11-10-17(21-18)15-12-20-16-9-5-4-8-14(15)16/h1-12,20H. The van der Waals surface area contributed by atoms with Crippen LogP contribution >= 0.6 is 0 Å². The van der Waals surface area contributed by atoms with Gasteiger partial charge < -0.3 is 4.98 Å². The summed E-state index contributed by atoms with van der Waals surface area (Å²) in [5.41, 5.74) is 4.18. The summed E-state index contributed by atoms with van der Waals surface area (Å²) in [5, 5.41) is 1.18. The summed E-state index contributed by atoms with van der Waals surface area (Å²) >= 11 is 0. The molecule has 0 saturated heterocycles. The average Bonchev–Trinajstić information content (AvgIpc) is 3.00. The SMILES string of the molecule is c1ccc(-c2nccc(-c3c[nH]c4ccccc34)n2)cc1. The first-order valence-corrected chi connectivity index (χ1v) is 6.87. The van der Waals surface area contributed by atoms with Crippen LogP contribution in [0.3, 0.4) is 0 Å². The lowest BCUT2D eigenvalue weighted by molar-refractivity contribution is 1.18. The number of hydrogen-bond acceptors (Lipinski definition) is 2. The molecule has 0 spiro atoms. The summed E-state index contributed by atoms with van der Waals surface area (Å²) in [5.74, 6) is 0.749. The van der Waals surface area contributed by atoms with E-state index in [1.54, 1.807) is 0 Å². The van der Waals surface area contributed by atoms with Crippen LogP contribution in [0.25, 0.3) is 33.5 Å². The number of fused-ring (bicyclic) bond motifs is 1. The smallest absolute Gasteiger partial charge is 0.159 e. The van der Waals surface area contributed by atoms with E-state index in [1.807, 2.05) is 60.9 Å². The molecule has 0 atom stereocenters. The summed E-state index contributed by atoms with van der Waals surface area (Å²) in [7, 11) is 0. The predicted molar refractivity (Wildman–Crippen MR) is 84.8 cm³/mol. The number of para-hydroxylation sites is 1. The summed E-state index contributed by atoms with van der Waals surface area (Å²) in [6.45, 7) is 0. The van der Waals surface area contributed by atoms with Gasteiger partial charge in [0.1, 0.15) is 0 Å². The number of benzene rings is 2. The molecule has 0 aliphatic heterocycles. The van der Waals surface area contributed by atoms with Gasteiger partial charge in [0, 0.05) is 34.4 Å². The van der Waals surface area contributed by atoms with E-state index in [0.717, 1.165) is 28.2 Å². The first-order valence-electron chi connectivity index (χ1n) is 6.87. The molecule has 3 heteroatoms. The maximum atomic E-state index is 4.70. The van der Waals surface area contributed by atoms with Gasteiger partial charge in [-0.15, -0.1) is 0 Å². The number of H-pyrrole nitrogens is 1. The zero-order chi connectivity index (χ0) is 14.1. The van der Waals surface area contributed by atoms with E-state index in [1.165, 1.54) is 5.39 Å². The summed E-state index contributed by atoms with van der Waals surface area (Å²) in [6, 6.07) is 20.2. The van der Waals surface area contributed by atoms with Crippen molar-refractivity contribution in [3.63, 3.8) is 0 Å². The Morgan fingerprint density at radius 1 is 0.810 bits per heavy atom. The second-order valence-corrected chi connectivity index (χ2v) is 4.88. The molecule has 0 bridgehead atoms. The van der Waals surface area contributed by atoms with Gasteiger partial charge in [-0.3, -0.25) is 0 Å². The van der Waals surface area contributed by atoms with Gasteiger partial charge in [-0.05, 0) is 12.1 Å². The van der Waals surface area contributed by atoms with Crippen molar-refractivity contribution in [2.75, 3.05) is 0 Å². The second kappa shape index (κ2) is 4.87. The number of hydrogen-bond donors (Lipinski definition) is 1. The molecule has 100 valence electrons. The van der Waals surface area contributed by atoms with Crippen LogP contribution in [0.15, 0.2) is 73.1 Å². The molecule has 4 aromatic rings. The molecule has 2 heterocycles. The minimum atomic E-state index is 0.749. The Hall–Kier alpha value is -2.94. The highest BCUT2D eigenvalue weighted by Gasteiger charge is 2.08. The number of nitrogens with zero attached hydrogens (tertiary/aromatic N) is 2. The van der Waals surface area contributed by atoms with Crippen molar-refractivity contribution in [2.24, 2.45) is 0 Å². The van der Waals surface area contributed by atoms with Gasteiger partial charge in [0.05, 0.1) is 5.69 Å². The number of nitrogens with one attached hydrogen (secondary N) is 1. The normalized spacial score (nSPS) is 10.9. The highest BCUT2D eigenvalue weighted by molar-refractivity contribution is 5.94.